The molecule has 14 heteroatoms. The first kappa shape index (κ1) is 30.4. The second-order valence-corrected chi connectivity index (χ2v) is 12.7. The van der Waals surface area contributed by atoms with E-state index in [0.717, 1.165) is 29.8 Å². The van der Waals surface area contributed by atoms with Crippen molar-refractivity contribution in [3.63, 3.8) is 0 Å². The number of anilines is 1. The fourth-order valence-electron chi connectivity index (χ4n) is 5.33. The summed E-state index contributed by atoms with van der Waals surface area (Å²) in [5.41, 5.74) is 1.81. The van der Waals surface area contributed by atoms with Gasteiger partial charge in [0.1, 0.15) is 23.6 Å². The van der Waals surface area contributed by atoms with Gasteiger partial charge in [-0.05, 0) is 51.8 Å². The number of carbonyl (C=O) groups excluding carboxylic acids is 3. The Hall–Kier alpha value is -4.62. The Kier molecular flexibility index (Phi) is 8.38. The minimum Gasteiger partial charge on any atom is -0.474 e. The van der Waals surface area contributed by atoms with Crippen LogP contribution in [0.15, 0.2) is 36.8 Å². The average Bonchev–Trinajstić information content (AvgIpc) is 3.62. The van der Waals surface area contributed by atoms with E-state index in [4.69, 9.17) is 19.2 Å². The van der Waals surface area contributed by atoms with Crippen molar-refractivity contribution in [1.82, 2.24) is 34.3 Å². The highest BCUT2D eigenvalue weighted by atomic mass is 16.6. The number of hydrogen-bond acceptors (Lipinski definition) is 10. The average molecular weight is 621 g/mol. The summed E-state index contributed by atoms with van der Waals surface area (Å²) in [6.07, 6.45) is 6.42. The SMILES string of the molecule is CN(CCN1C[C@@H](OC(=O)N2CCN(c3ccn4ncc(-c5cccnc5OC5CC5)c4n3)CC2)CC1=O)C(=O)OC(C)(C)C. The van der Waals surface area contributed by atoms with Crippen LogP contribution in [0.2, 0.25) is 0 Å². The van der Waals surface area contributed by atoms with Crippen molar-refractivity contribution in [2.75, 3.05) is 57.8 Å². The van der Waals surface area contributed by atoms with E-state index in [1.807, 2.05) is 24.4 Å². The molecule has 0 radical (unpaired) electrons. The fourth-order valence-corrected chi connectivity index (χ4v) is 5.33. The highest BCUT2D eigenvalue weighted by Gasteiger charge is 2.34. The molecule has 240 valence electrons. The quantitative estimate of drug-likeness (QED) is 0.370. The van der Waals surface area contributed by atoms with E-state index < -0.39 is 23.9 Å². The molecule has 1 atom stereocenters. The van der Waals surface area contributed by atoms with E-state index in [1.165, 1.54) is 4.90 Å². The lowest BCUT2D eigenvalue weighted by molar-refractivity contribution is -0.127. The topological polar surface area (TPSA) is 135 Å². The highest BCUT2D eigenvalue weighted by molar-refractivity contribution is 5.81. The normalized spacial score (nSPS) is 18.8. The molecule has 0 spiro atoms. The summed E-state index contributed by atoms with van der Waals surface area (Å²) >= 11 is 0. The van der Waals surface area contributed by atoms with Crippen LogP contribution in [0.25, 0.3) is 16.8 Å². The summed E-state index contributed by atoms with van der Waals surface area (Å²) in [5.74, 6) is 1.28. The first-order chi connectivity index (χ1) is 21.5. The van der Waals surface area contributed by atoms with Gasteiger partial charge in [-0.25, -0.2) is 24.1 Å². The minimum atomic E-state index is -0.595. The molecule has 2 saturated heterocycles. The second kappa shape index (κ2) is 12.4. The molecule has 0 bridgehead atoms. The van der Waals surface area contributed by atoms with E-state index >= 15 is 0 Å². The zero-order valence-corrected chi connectivity index (χ0v) is 26.2. The smallest absolute Gasteiger partial charge is 0.410 e. The molecule has 0 unspecified atom stereocenters. The molecule has 3 aromatic heterocycles. The molecular weight excluding hydrogens is 580 g/mol. The van der Waals surface area contributed by atoms with Crippen molar-refractivity contribution in [2.45, 2.75) is 57.8 Å². The van der Waals surface area contributed by atoms with Crippen LogP contribution in [0.3, 0.4) is 0 Å². The van der Waals surface area contributed by atoms with Gasteiger partial charge in [-0.15, -0.1) is 0 Å². The van der Waals surface area contributed by atoms with Gasteiger partial charge in [0.25, 0.3) is 0 Å². The summed E-state index contributed by atoms with van der Waals surface area (Å²) in [6, 6.07) is 5.77. The number of rotatable bonds is 8. The van der Waals surface area contributed by atoms with Crippen molar-refractivity contribution in [2.24, 2.45) is 0 Å². The van der Waals surface area contributed by atoms with E-state index in [0.29, 0.717) is 57.3 Å². The molecule has 45 heavy (non-hydrogen) atoms. The fraction of sp³-hybridized carbons (Fsp3) is 0.548. The number of fused-ring (bicyclic) bond motifs is 1. The van der Waals surface area contributed by atoms with Crippen molar-refractivity contribution in [3.8, 4) is 17.0 Å². The van der Waals surface area contributed by atoms with E-state index in [-0.39, 0.29) is 18.4 Å². The number of carbonyl (C=O) groups is 3. The van der Waals surface area contributed by atoms with Crippen LogP contribution >= 0.6 is 0 Å². The molecule has 0 aromatic carbocycles. The standard InChI is InChI=1S/C31H40N8O6/c1-31(2,3)45-29(41)35(4)12-13-38-20-22(18-26(38)40)44-30(42)37-16-14-36(15-17-37)25-9-11-39-27(34-25)24(19-33-39)23-6-5-10-32-28(23)43-21-7-8-21/h5-6,9-11,19,21-22H,7-8,12-18,20H2,1-4H3/t22-/m0/s1. The highest BCUT2D eigenvalue weighted by Crippen LogP contribution is 2.35. The molecule has 0 N–H and O–H groups in total. The molecular formula is C31H40N8O6. The third-order valence-electron chi connectivity index (χ3n) is 7.94. The Labute approximate surface area is 261 Å². The lowest BCUT2D eigenvalue weighted by atomic mass is 10.1. The first-order valence-electron chi connectivity index (χ1n) is 15.4. The molecule has 3 aromatic rings. The summed E-state index contributed by atoms with van der Waals surface area (Å²) in [5, 5.41) is 4.48. The third-order valence-corrected chi connectivity index (χ3v) is 7.94. The Morgan fingerprint density at radius 1 is 1.07 bits per heavy atom. The zero-order valence-electron chi connectivity index (χ0n) is 26.2. The van der Waals surface area contributed by atoms with Gasteiger partial charge < -0.3 is 33.8 Å². The van der Waals surface area contributed by atoms with E-state index in [9.17, 15) is 14.4 Å². The molecule has 3 amide bonds. The number of piperazine rings is 1. The van der Waals surface area contributed by atoms with Gasteiger partial charge in [0.05, 0.1) is 24.7 Å². The Morgan fingerprint density at radius 3 is 2.58 bits per heavy atom. The monoisotopic (exact) mass is 620 g/mol. The first-order valence-corrected chi connectivity index (χ1v) is 15.4. The van der Waals surface area contributed by atoms with Crippen LogP contribution in [0.5, 0.6) is 5.88 Å². The van der Waals surface area contributed by atoms with Crippen molar-refractivity contribution < 1.29 is 28.6 Å². The lowest BCUT2D eigenvalue weighted by Crippen LogP contribution is -2.50. The third kappa shape index (κ3) is 7.21. The Balaban J connectivity index is 1.01. The molecule has 14 nitrogen and oxygen atoms in total. The number of hydrogen-bond donors (Lipinski definition) is 0. The van der Waals surface area contributed by atoms with Crippen LogP contribution < -0.4 is 9.64 Å². The minimum absolute atomic E-state index is 0.103. The Morgan fingerprint density at radius 2 is 1.84 bits per heavy atom. The largest absolute Gasteiger partial charge is 0.474 e. The van der Waals surface area contributed by atoms with Gasteiger partial charge in [0, 0.05) is 64.3 Å². The molecule has 3 aliphatic rings. The van der Waals surface area contributed by atoms with Gasteiger partial charge in [-0.3, -0.25) is 4.79 Å². The van der Waals surface area contributed by atoms with Gasteiger partial charge in [-0.2, -0.15) is 5.10 Å². The van der Waals surface area contributed by atoms with Gasteiger partial charge >= 0.3 is 12.2 Å². The number of likely N-dealkylation sites (tertiary alicyclic amines) is 1. The maximum Gasteiger partial charge on any atom is 0.410 e. The van der Waals surface area contributed by atoms with Crippen molar-refractivity contribution in [1.29, 1.82) is 0 Å². The maximum atomic E-state index is 13.0. The number of likely N-dealkylation sites (N-methyl/N-ethyl adjacent to an activating group) is 1. The molecule has 5 heterocycles. The van der Waals surface area contributed by atoms with Crippen molar-refractivity contribution in [3.05, 3.63) is 36.8 Å². The number of amides is 3. The van der Waals surface area contributed by atoms with Crippen LogP contribution in [0.4, 0.5) is 15.4 Å². The van der Waals surface area contributed by atoms with Crippen LogP contribution in [0.1, 0.15) is 40.0 Å². The van der Waals surface area contributed by atoms with Crippen LogP contribution in [-0.2, 0) is 14.3 Å². The number of pyridine rings is 1. The second-order valence-electron chi connectivity index (χ2n) is 12.7. The predicted octanol–water partition coefficient (Wildman–Crippen LogP) is 3.06. The molecule has 2 aliphatic heterocycles. The van der Waals surface area contributed by atoms with Crippen molar-refractivity contribution >= 4 is 29.6 Å². The van der Waals surface area contributed by atoms with E-state index in [1.54, 1.807) is 54.5 Å². The van der Waals surface area contributed by atoms with Gasteiger partial charge in [0.15, 0.2) is 5.65 Å². The molecule has 3 fully saturated rings. The maximum absolute atomic E-state index is 13.0. The predicted molar refractivity (Wildman–Crippen MR) is 164 cm³/mol. The van der Waals surface area contributed by atoms with E-state index in [2.05, 4.69) is 15.0 Å². The molecule has 1 aliphatic carbocycles. The zero-order chi connectivity index (χ0) is 31.7. The summed E-state index contributed by atoms with van der Waals surface area (Å²) in [6.45, 7) is 8.46. The summed E-state index contributed by atoms with van der Waals surface area (Å²) in [4.78, 5) is 54.0. The van der Waals surface area contributed by atoms with Gasteiger partial charge in [-0.1, -0.05) is 0 Å². The molecule has 6 rings (SSSR count). The lowest BCUT2D eigenvalue weighted by Gasteiger charge is -2.35. The van der Waals surface area contributed by atoms with Crippen LogP contribution in [-0.4, -0.2) is 123 Å². The number of ether oxygens (including phenoxy) is 3. The summed E-state index contributed by atoms with van der Waals surface area (Å²) < 4.78 is 18.9. The van der Waals surface area contributed by atoms with Crippen LogP contribution in [0, 0.1) is 0 Å². The Bertz CT molecular complexity index is 1560. The number of nitrogens with zero attached hydrogens (tertiary/aromatic N) is 8. The van der Waals surface area contributed by atoms with Gasteiger partial charge in [0.2, 0.25) is 11.8 Å². The summed E-state index contributed by atoms with van der Waals surface area (Å²) in [7, 11) is 1.63. The molecule has 1 saturated carbocycles. The number of aromatic nitrogens is 4.